The Labute approximate surface area is 200 Å². The highest BCUT2D eigenvalue weighted by atomic mass is 79.9. The highest BCUT2D eigenvalue weighted by molar-refractivity contribution is 9.10. The number of aromatic nitrogens is 2. The second-order valence-corrected chi connectivity index (χ2v) is 9.29. The van der Waals surface area contributed by atoms with Crippen LogP contribution in [0.3, 0.4) is 0 Å². The van der Waals surface area contributed by atoms with Gasteiger partial charge in [0.2, 0.25) is 5.13 Å². The minimum absolute atomic E-state index is 0.0497. The van der Waals surface area contributed by atoms with Crippen molar-refractivity contribution in [2.24, 2.45) is 0 Å². The van der Waals surface area contributed by atoms with Gasteiger partial charge >= 0.3 is 5.97 Å². The molecule has 0 atom stereocenters. The van der Waals surface area contributed by atoms with Crippen LogP contribution >= 0.6 is 27.3 Å². The number of anilines is 2. The van der Waals surface area contributed by atoms with Crippen molar-refractivity contribution >= 4 is 61.8 Å². The van der Waals surface area contributed by atoms with Crippen molar-refractivity contribution in [2.45, 2.75) is 20.8 Å². The molecule has 11 heteroatoms. The third kappa shape index (κ3) is 4.29. The summed E-state index contributed by atoms with van der Waals surface area (Å²) in [5, 5.41) is 11.2. The van der Waals surface area contributed by atoms with E-state index in [1.807, 2.05) is 19.9 Å². The number of hydrogen-bond acceptors (Lipinski definition) is 8. The number of halogens is 1. The molecule has 1 aliphatic rings. The molecule has 0 radical (unpaired) electrons. The average Bonchev–Trinajstić information content (AvgIpc) is 3.32. The number of esters is 1. The molecule has 2 heterocycles. The molecule has 0 saturated carbocycles. The van der Waals surface area contributed by atoms with Crippen LogP contribution in [0.25, 0.3) is 0 Å². The topological polar surface area (TPSA) is 119 Å². The Kier molecular flexibility index (Phi) is 6.09. The molecule has 0 saturated heterocycles. The summed E-state index contributed by atoms with van der Waals surface area (Å²) in [5.41, 5.74) is 2.76. The summed E-state index contributed by atoms with van der Waals surface area (Å²) in [5.74, 6) is -2.43. The van der Waals surface area contributed by atoms with Gasteiger partial charge in [-0.15, -0.1) is 10.2 Å². The molecule has 0 spiro atoms. The molecule has 0 bridgehead atoms. The first-order valence-electron chi connectivity index (χ1n) is 9.73. The Morgan fingerprint density at radius 1 is 1.03 bits per heavy atom. The number of carbonyl (C=O) groups is 4. The first-order valence-corrected chi connectivity index (χ1v) is 11.3. The number of carbonyl (C=O) groups excluding carboxylic acids is 4. The van der Waals surface area contributed by atoms with Gasteiger partial charge in [0.15, 0.2) is 6.61 Å². The minimum atomic E-state index is -0.790. The molecule has 1 aromatic heterocycles. The van der Waals surface area contributed by atoms with Gasteiger partial charge in [0.25, 0.3) is 17.7 Å². The molecule has 0 aliphatic carbocycles. The minimum Gasteiger partial charge on any atom is -0.452 e. The average molecular weight is 529 g/mol. The molecule has 33 heavy (non-hydrogen) atoms. The number of hydrogen-bond donors (Lipinski definition) is 1. The number of ether oxygens (including phenoxy) is 1. The van der Waals surface area contributed by atoms with Crippen LogP contribution in [0.5, 0.6) is 0 Å². The molecule has 9 nitrogen and oxygen atoms in total. The van der Waals surface area contributed by atoms with Crippen molar-refractivity contribution in [2.75, 3.05) is 16.8 Å². The SMILES string of the molecule is Cc1nnc(N2C(=O)c3ccc(C(=O)OCC(=O)Nc4ccc(Br)c(C)c4C)cc3C2=O)s1. The molecular weight excluding hydrogens is 512 g/mol. The van der Waals surface area contributed by atoms with Gasteiger partial charge in [-0.3, -0.25) is 14.4 Å². The Morgan fingerprint density at radius 3 is 2.45 bits per heavy atom. The lowest BCUT2D eigenvalue weighted by atomic mass is 10.1. The van der Waals surface area contributed by atoms with E-state index in [0.717, 1.165) is 31.8 Å². The molecule has 4 rings (SSSR count). The van der Waals surface area contributed by atoms with Crippen molar-refractivity contribution in [3.8, 4) is 0 Å². The highest BCUT2D eigenvalue weighted by Crippen LogP contribution is 2.31. The molecule has 2 aromatic carbocycles. The summed E-state index contributed by atoms with van der Waals surface area (Å²) < 4.78 is 6.03. The smallest absolute Gasteiger partial charge is 0.338 e. The Hall–Kier alpha value is -3.44. The number of benzene rings is 2. The predicted molar refractivity (Wildman–Crippen MR) is 125 cm³/mol. The van der Waals surface area contributed by atoms with E-state index in [9.17, 15) is 19.2 Å². The number of nitrogens with zero attached hydrogens (tertiary/aromatic N) is 3. The van der Waals surface area contributed by atoms with E-state index >= 15 is 0 Å². The van der Waals surface area contributed by atoms with Gasteiger partial charge in [-0.05, 0) is 62.2 Å². The van der Waals surface area contributed by atoms with Crippen LogP contribution in [0.2, 0.25) is 0 Å². The molecule has 1 N–H and O–H groups in total. The fraction of sp³-hybridized carbons (Fsp3) is 0.182. The number of imide groups is 1. The van der Waals surface area contributed by atoms with E-state index < -0.39 is 30.3 Å². The van der Waals surface area contributed by atoms with Gasteiger partial charge in [-0.2, -0.15) is 0 Å². The monoisotopic (exact) mass is 528 g/mol. The van der Waals surface area contributed by atoms with Gasteiger partial charge in [-0.1, -0.05) is 27.3 Å². The number of nitrogens with one attached hydrogen (secondary N) is 1. The van der Waals surface area contributed by atoms with Crippen LogP contribution in [0.15, 0.2) is 34.8 Å². The molecule has 3 aromatic rings. The summed E-state index contributed by atoms with van der Waals surface area (Å²) in [4.78, 5) is 51.1. The first-order chi connectivity index (χ1) is 15.7. The van der Waals surface area contributed by atoms with Crippen LogP contribution in [0.4, 0.5) is 10.8 Å². The Bertz CT molecular complexity index is 1340. The molecule has 3 amide bonds. The molecule has 1 aliphatic heterocycles. The maximum Gasteiger partial charge on any atom is 0.338 e. The number of rotatable bonds is 5. The van der Waals surface area contributed by atoms with Crippen LogP contribution in [-0.4, -0.2) is 40.5 Å². The summed E-state index contributed by atoms with van der Waals surface area (Å²) in [7, 11) is 0. The predicted octanol–water partition coefficient (Wildman–Crippen LogP) is 3.82. The summed E-state index contributed by atoms with van der Waals surface area (Å²) in [6, 6.07) is 7.61. The fourth-order valence-electron chi connectivity index (χ4n) is 3.24. The lowest BCUT2D eigenvalue weighted by Crippen LogP contribution is -2.29. The summed E-state index contributed by atoms with van der Waals surface area (Å²) in [6.07, 6.45) is 0. The van der Waals surface area contributed by atoms with E-state index in [1.165, 1.54) is 18.2 Å². The van der Waals surface area contributed by atoms with E-state index in [1.54, 1.807) is 13.0 Å². The number of aryl methyl sites for hydroxylation is 1. The first kappa shape index (κ1) is 22.7. The maximum absolute atomic E-state index is 12.8. The van der Waals surface area contributed by atoms with E-state index in [2.05, 4.69) is 31.4 Å². The van der Waals surface area contributed by atoms with Gasteiger partial charge in [0, 0.05) is 10.2 Å². The number of fused-ring (bicyclic) bond motifs is 1. The zero-order valence-electron chi connectivity index (χ0n) is 17.8. The second kappa shape index (κ2) is 8.83. The quantitative estimate of drug-likeness (QED) is 0.394. The van der Waals surface area contributed by atoms with Gasteiger partial charge in [0.05, 0.1) is 16.7 Å². The largest absolute Gasteiger partial charge is 0.452 e. The standard InChI is InChI=1S/C22H17BrN4O5S/c1-10-11(2)17(7-6-16(10)23)24-18(28)9-32-21(31)13-4-5-14-15(8-13)20(30)27(19(14)29)22-26-25-12(3)33-22/h4-8H,9H2,1-3H3,(H,24,28). The molecule has 0 unspecified atom stereocenters. The van der Waals surface area contributed by atoms with E-state index in [-0.39, 0.29) is 21.8 Å². The van der Waals surface area contributed by atoms with E-state index in [4.69, 9.17) is 4.74 Å². The fourth-order valence-corrected chi connectivity index (χ4v) is 4.36. The third-order valence-corrected chi connectivity index (χ3v) is 6.84. The molecule has 168 valence electrons. The van der Waals surface area contributed by atoms with Crippen LogP contribution in [0, 0.1) is 20.8 Å². The zero-order chi connectivity index (χ0) is 23.9. The van der Waals surface area contributed by atoms with Gasteiger partial charge in [0.1, 0.15) is 5.01 Å². The lowest BCUT2D eigenvalue weighted by molar-refractivity contribution is -0.119. The summed E-state index contributed by atoms with van der Waals surface area (Å²) >= 11 is 4.54. The van der Waals surface area contributed by atoms with Gasteiger partial charge < -0.3 is 10.1 Å². The zero-order valence-corrected chi connectivity index (χ0v) is 20.2. The molecular formula is C22H17BrN4O5S. The molecule has 0 fully saturated rings. The van der Waals surface area contributed by atoms with E-state index in [0.29, 0.717) is 10.7 Å². The summed E-state index contributed by atoms with van der Waals surface area (Å²) in [6.45, 7) is 5.00. The van der Waals surface area contributed by atoms with Gasteiger partial charge in [-0.25, -0.2) is 9.69 Å². The lowest BCUT2D eigenvalue weighted by Gasteiger charge is -2.12. The van der Waals surface area contributed by atoms with Crippen molar-refractivity contribution in [1.82, 2.24) is 10.2 Å². The van der Waals surface area contributed by atoms with Crippen molar-refractivity contribution < 1.29 is 23.9 Å². The Balaban J connectivity index is 1.44. The highest BCUT2D eigenvalue weighted by Gasteiger charge is 2.39. The normalized spacial score (nSPS) is 12.7. The van der Waals surface area contributed by atoms with Crippen molar-refractivity contribution in [3.63, 3.8) is 0 Å². The van der Waals surface area contributed by atoms with Crippen LogP contribution in [-0.2, 0) is 9.53 Å². The maximum atomic E-state index is 12.8. The van der Waals surface area contributed by atoms with Crippen molar-refractivity contribution in [1.29, 1.82) is 0 Å². The Morgan fingerprint density at radius 2 is 1.76 bits per heavy atom. The number of amides is 3. The second-order valence-electron chi connectivity index (χ2n) is 7.28. The van der Waals surface area contributed by atoms with Crippen molar-refractivity contribution in [3.05, 3.63) is 67.6 Å². The van der Waals surface area contributed by atoms with Crippen LogP contribution in [0.1, 0.15) is 47.2 Å². The third-order valence-electron chi connectivity index (χ3n) is 5.16. The van der Waals surface area contributed by atoms with Crippen LogP contribution < -0.4 is 10.2 Å².